The van der Waals surface area contributed by atoms with Crippen molar-refractivity contribution >= 4 is 50.7 Å². The van der Waals surface area contributed by atoms with Crippen LogP contribution in [-0.4, -0.2) is 30.1 Å². The second-order valence-electron chi connectivity index (χ2n) is 8.96. The van der Waals surface area contributed by atoms with Gasteiger partial charge in [-0.25, -0.2) is 9.78 Å². The van der Waals surface area contributed by atoms with E-state index in [2.05, 4.69) is 5.32 Å². The number of rotatable bonds is 8. The Labute approximate surface area is 241 Å². The monoisotopic (exact) mass is 570 g/mol. The van der Waals surface area contributed by atoms with Gasteiger partial charge < -0.3 is 14.8 Å². The minimum Gasteiger partial charge on any atom is -0.494 e. The van der Waals surface area contributed by atoms with Crippen LogP contribution in [0.25, 0.3) is 33.3 Å². The maximum Gasteiger partial charge on any atom is 0.341 e. The summed E-state index contributed by atoms with van der Waals surface area (Å²) in [5.74, 6) is -0.141. The van der Waals surface area contributed by atoms with Crippen LogP contribution in [0.4, 0.5) is 5.00 Å². The average molecular weight is 571 g/mol. The highest BCUT2D eigenvalue weighted by molar-refractivity contribution is 7.17. The van der Waals surface area contributed by atoms with Gasteiger partial charge in [0.25, 0.3) is 5.91 Å². The number of carbonyl (C=O) groups excluding carboxylic acids is 2. The Hall–Kier alpha value is -4.20. The SMILES string of the molecule is CCOC(=O)c1c(NC(=O)c2cc(-c3cccc(OCC)c3)nc3ccccc23)sc(C)c1-c1cccc(Cl)c1. The van der Waals surface area contributed by atoms with Crippen LogP contribution < -0.4 is 10.1 Å². The highest BCUT2D eigenvalue weighted by atomic mass is 35.5. The Kier molecular flexibility index (Phi) is 8.14. The molecule has 5 rings (SSSR count). The fourth-order valence-corrected chi connectivity index (χ4v) is 5.87. The molecule has 0 radical (unpaired) electrons. The molecule has 0 aliphatic rings. The molecule has 0 bridgehead atoms. The van der Waals surface area contributed by atoms with E-state index in [9.17, 15) is 9.59 Å². The predicted octanol–water partition coefficient (Wildman–Crippen LogP) is 8.42. The third-order valence-electron chi connectivity index (χ3n) is 6.31. The van der Waals surface area contributed by atoms with Crippen molar-refractivity contribution in [3.8, 4) is 28.1 Å². The van der Waals surface area contributed by atoms with Gasteiger partial charge in [-0.3, -0.25) is 4.79 Å². The summed E-state index contributed by atoms with van der Waals surface area (Å²) < 4.78 is 11.1. The molecule has 0 saturated heterocycles. The van der Waals surface area contributed by atoms with Crippen LogP contribution in [0.2, 0.25) is 5.02 Å². The molecule has 5 aromatic rings. The molecule has 0 aliphatic heterocycles. The summed E-state index contributed by atoms with van der Waals surface area (Å²) in [6, 6.07) is 24.2. The molecule has 202 valence electrons. The molecule has 0 fully saturated rings. The number of aromatic nitrogens is 1. The van der Waals surface area contributed by atoms with Crippen molar-refractivity contribution in [2.45, 2.75) is 20.8 Å². The van der Waals surface area contributed by atoms with E-state index >= 15 is 0 Å². The molecule has 8 heteroatoms. The molecule has 0 spiro atoms. The minimum atomic E-state index is -0.509. The lowest BCUT2D eigenvalue weighted by Crippen LogP contribution is -2.15. The molecule has 3 aromatic carbocycles. The van der Waals surface area contributed by atoms with E-state index in [0.29, 0.717) is 49.9 Å². The van der Waals surface area contributed by atoms with Gasteiger partial charge in [0, 0.05) is 26.4 Å². The topological polar surface area (TPSA) is 77.5 Å². The molecule has 6 nitrogen and oxygen atoms in total. The number of amides is 1. The molecule has 0 aliphatic carbocycles. The molecule has 2 heterocycles. The Bertz CT molecular complexity index is 1730. The van der Waals surface area contributed by atoms with Crippen LogP contribution in [0.15, 0.2) is 78.9 Å². The van der Waals surface area contributed by atoms with Crippen LogP contribution in [0, 0.1) is 6.92 Å². The van der Waals surface area contributed by atoms with Gasteiger partial charge in [-0.1, -0.05) is 54.1 Å². The number of thiophene rings is 1. The van der Waals surface area contributed by atoms with Crippen molar-refractivity contribution in [1.82, 2.24) is 4.98 Å². The summed E-state index contributed by atoms with van der Waals surface area (Å²) in [7, 11) is 0. The van der Waals surface area contributed by atoms with Crippen LogP contribution in [0.1, 0.15) is 39.4 Å². The summed E-state index contributed by atoms with van der Waals surface area (Å²) in [6.45, 7) is 6.33. The minimum absolute atomic E-state index is 0.204. The average Bonchev–Trinajstić information content (AvgIpc) is 3.28. The number of anilines is 1. The Morgan fingerprint density at radius 3 is 2.48 bits per heavy atom. The third kappa shape index (κ3) is 5.57. The number of hydrogen-bond acceptors (Lipinski definition) is 6. The molecule has 2 aromatic heterocycles. The number of nitrogens with one attached hydrogen (secondary N) is 1. The number of benzene rings is 3. The number of carbonyl (C=O) groups is 2. The van der Waals surface area contributed by atoms with E-state index in [1.165, 1.54) is 11.3 Å². The van der Waals surface area contributed by atoms with Crippen molar-refractivity contribution in [2.75, 3.05) is 18.5 Å². The van der Waals surface area contributed by atoms with Crippen LogP contribution >= 0.6 is 22.9 Å². The maximum atomic E-state index is 13.9. The number of pyridine rings is 1. The molecule has 1 N–H and O–H groups in total. The van der Waals surface area contributed by atoms with E-state index in [1.54, 1.807) is 25.1 Å². The Morgan fingerprint density at radius 1 is 0.925 bits per heavy atom. The second kappa shape index (κ2) is 11.9. The Balaban J connectivity index is 1.60. The van der Waals surface area contributed by atoms with E-state index < -0.39 is 5.97 Å². The van der Waals surface area contributed by atoms with Gasteiger partial charge in [-0.15, -0.1) is 11.3 Å². The first kappa shape index (κ1) is 27.4. The first-order chi connectivity index (χ1) is 19.4. The van der Waals surface area contributed by atoms with Crippen molar-refractivity contribution < 1.29 is 19.1 Å². The lowest BCUT2D eigenvalue weighted by molar-refractivity contribution is 0.0529. The largest absolute Gasteiger partial charge is 0.494 e. The summed E-state index contributed by atoms with van der Waals surface area (Å²) >= 11 is 7.59. The van der Waals surface area contributed by atoms with E-state index in [4.69, 9.17) is 26.1 Å². The summed E-state index contributed by atoms with van der Waals surface area (Å²) in [4.78, 5) is 32.8. The maximum absolute atomic E-state index is 13.9. The number of halogens is 1. The molecular weight excluding hydrogens is 544 g/mol. The lowest BCUT2D eigenvalue weighted by Gasteiger charge is -2.12. The highest BCUT2D eigenvalue weighted by Gasteiger charge is 2.26. The third-order valence-corrected chi connectivity index (χ3v) is 7.56. The molecular formula is C32H27ClN2O4S. The fourth-order valence-electron chi connectivity index (χ4n) is 4.62. The standard InChI is InChI=1S/C32H27ClN2O4S/c1-4-38-23-13-9-10-20(17-23)27-18-25(24-14-6-7-15-26(24)34-27)30(36)35-31-29(32(37)39-5-2)28(19(3)40-31)21-11-8-12-22(33)16-21/h6-18H,4-5H2,1-3H3,(H,35,36). The van der Waals surface area contributed by atoms with Crippen molar-refractivity contribution in [1.29, 1.82) is 0 Å². The zero-order valence-electron chi connectivity index (χ0n) is 22.3. The number of hydrogen-bond donors (Lipinski definition) is 1. The zero-order chi connectivity index (χ0) is 28.2. The Morgan fingerprint density at radius 2 is 1.70 bits per heavy atom. The van der Waals surface area contributed by atoms with Gasteiger partial charge in [0.2, 0.25) is 0 Å². The van der Waals surface area contributed by atoms with Crippen molar-refractivity contribution in [2.24, 2.45) is 0 Å². The smallest absolute Gasteiger partial charge is 0.341 e. The van der Waals surface area contributed by atoms with E-state index in [0.717, 1.165) is 21.8 Å². The number of fused-ring (bicyclic) bond motifs is 1. The fraction of sp³-hybridized carbons (Fsp3) is 0.156. The number of para-hydroxylation sites is 1. The van der Waals surface area contributed by atoms with Gasteiger partial charge in [-0.2, -0.15) is 0 Å². The number of aryl methyl sites for hydroxylation is 1. The van der Waals surface area contributed by atoms with Gasteiger partial charge >= 0.3 is 5.97 Å². The number of esters is 1. The van der Waals surface area contributed by atoms with E-state index in [-0.39, 0.29) is 12.5 Å². The first-order valence-electron chi connectivity index (χ1n) is 12.9. The zero-order valence-corrected chi connectivity index (χ0v) is 23.9. The molecule has 0 saturated carbocycles. The van der Waals surface area contributed by atoms with Gasteiger partial charge in [0.1, 0.15) is 16.3 Å². The lowest BCUT2D eigenvalue weighted by atomic mass is 10.0. The molecule has 0 atom stereocenters. The quantitative estimate of drug-likeness (QED) is 0.189. The summed E-state index contributed by atoms with van der Waals surface area (Å²) in [5.41, 5.74) is 4.35. The summed E-state index contributed by atoms with van der Waals surface area (Å²) in [6.07, 6.45) is 0. The van der Waals surface area contributed by atoms with Crippen LogP contribution in [0.3, 0.4) is 0 Å². The molecule has 40 heavy (non-hydrogen) atoms. The molecule has 0 unspecified atom stereocenters. The van der Waals surface area contributed by atoms with Crippen LogP contribution in [-0.2, 0) is 4.74 Å². The van der Waals surface area contributed by atoms with E-state index in [1.807, 2.05) is 74.5 Å². The number of nitrogens with zero attached hydrogens (tertiary/aromatic N) is 1. The summed E-state index contributed by atoms with van der Waals surface area (Å²) in [5, 5.41) is 4.67. The second-order valence-corrected chi connectivity index (χ2v) is 10.6. The normalized spacial score (nSPS) is 10.9. The van der Waals surface area contributed by atoms with Crippen LogP contribution in [0.5, 0.6) is 5.75 Å². The number of ether oxygens (including phenoxy) is 2. The predicted molar refractivity (Wildman–Crippen MR) is 162 cm³/mol. The molecule has 1 amide bonds. The first-order valence-corrected chi connectivity index (χ1v) is 14.1. The van der Waals surface area contributed by atoms with Gasteiger partial charge in [0.15, 0.2) is 0 Å². The van der Waals surface area contributed by atoms with Crippen molar-refractivity contribution in [3.63, 3.8) is 0 Å². The van der Waals surface area contributed by atoms with Crippen molar-refractivity contribution in [3.05, 3.63) is 99.9 Å². The van der Waals surface area contributed by atoms with Gasteiger partial charge in [-0.05, 0) is 62.7 Å². The van der Waals surface area contributed by atoms with Gasteiger partial charge in [0.05, 0.1) is 30.0 Å². The highest BCUT2D eigenvalue weighted by Crippen LogP contribution is 2.41.